The first kappa shape index (κ1) is 23.6. The Hall–Kier alpha value is -3.08. The Morgan fingerprint density at radius 1 is 1.16 bits per heavy atom. The van der Waals surface area contributed by atoms with Crippen LogP contribution in [-0.4, -0.2) is 35.4 Å². The monoisotopic (exact) mass is 479 g/mol. The minimum Gasteiger partial charge on any atom is -0.475 e. The molecule has 2 heterocycles. The number of esters is 2. The molecule has 2 aromatic rings. The first-order valence-corrected chi connectivity index (χ1v) is 9.15. The van der Waals surface area contributed by atoms with Crippen LogP contribution in [0.3, 0.4) is 0 Å². The number of carbonyl (C=O) groups excluding carboxylic acids is 2. The number of pyridine rings is 1. The number of carbonyl (C=O) groups is 2. The van der Waals surface area contributed by atoms with E-state index in [0.717, 1.165) is 5.56 Å². The Morgan fingerprint density at radius 3 is 2.41 bits per heavy atom. The normalized spacial score (nSPS) is 16.0. The number of nitrogens with zero attached hydrogens (tertiary/aromatic N) is 1. The van der Waals surface area contributed by atoms with Gasteiger partial charge in [0.05, 0.1) is 5.57 Å². The van der Waals surface area contributed by atoms with Gasteiger partial charge >= 0.3 is 24.3 Å². The Balaban J connectivity index is 1.97. The summed E-state index contributed by atoms with van der Waals surface area (Å²) in [5.41, 5.74) is 0.407. The van der Waals surface area contributed by atoms with Crippen molar-refractivity contribution in [3.8, 4) is 5.75 Å². The van der Waals surface area contributed by atoms with Crippen molar-refractivity contribution in [2.24, 2.45) is 0 Å². The molecule has 0 fully saturated rings. The summed E-state index contributed by atoms with van der Waals surface area (Å²) in [7, 11) is 0. The van der Waals surface area contributed by atoms with Crippen LogP contribution in [-0.2, 0) is 20.7 Å². The lowest BCUT2D eigenvalue weighted by molar-refractivity contribution is -0.204. The van der Waals surface area contributed by atoms with Gasteiger partial charge in [-0.3, -0.25) is 4.98 Å². The fourth-order valence-electron chi connectivity index (χ4n) is 2.80. The van der Waals surface area contributed by atoms with Gasteiger partial charge in [0, 0.05) is 28.9 Å². The van der Waals surface area contributed by atoms with E-state index in [9.17, 15) is 35.9 Å². The van der Waals surface area contributed by atoms with E-state index < -0.39 is 36.0 Å². The van der Waals surface area contributed by atoms with Crippen LogP contribution >= 0.6 is 11.6 Å². The summed E-state index contributed by atoms with van der Waals surface area (Å²) in [4.78, 5) is 27.0. The number of ether oxygens (including phenoxy) is 2. The zero-order valence-electron chi connectivity index (χ0n) is 16.0. The molecule has 1 aliphatic heterocycles. The highest BCUT2D eigenvalue weighted by molar-refractivity contribution is 6.31. The Labute approximate surface area is 181 Å². The van der Waals surface area contributed by atoms with Crippen LogP contribution in [0.4, 0.5) is 26.3 Å². The Morgan fingerprint density at radius 2 is 1.84 bits per heavy atom. The zero-order valence-corrected chi connectivity index (χ0v) is 16.7. The first-order chi connectivity index (χ1) is 14.8. The van der Waals surface area contributed by atoms with Gasteiger partial charge in [-0.2, -0.15) is 26.3 Å². The third-order valence-electron chi connectivity index (χ3n) is 4.31. The summed E-state index contributed by atoms with van der Waals surface area (Å²) in [6.07, 6.45) is -11.3. The second kappa shape index (κ2) is 8.45. The van der Waals surface area contributed by atoms with E-state index in [4.69, 9.17) is 16.3 Å². The molecule has 0 saturated carbocycles. The van der Waals surface area contributed by atoms with Gasteiger partial charge in [0.15, 0.2) is 0 Å². The molecule has 0 aliphatic carbocycles. The SMILES string of the molecule is Cc1ccc(Cc2cc3c(cc2Cl)C=C(C(=O)OC(=O)C(F)(F)F)C(C(F)(F)F)O3)nc1. The third kappa shape index (κ3) is 5.21. The lowest BCUT2D eigenvalue weighted by atomic mass is 9.98. The number of aromatic nitrogens is 1. The molecular formula is C20H12ClF6NO4. The average Bonchev–Trinajstić information content (AvgIpc) is 2.67. The molecule has 32 heavy (non-hydrogen) atoms. The average molecular weight is 480 g/mol. The van der Waals surface area contributed by atoms with Crippen molar-refractivity contribution in [2.45, 2.75) is 31.8 Å². The predicted octanol–water partition coefficient (Wildman–Crippen LogP) is 4.97. The Bertz CT molecular complexity index is 1090. The number of hydrogen-bond acceptors (Lipinski definition) is 5. The summed E-state index contributed by atoms with van der Waals surface area (Å²) >= 11 is 6.19. The smallest absolute Gasteiger partial charge is 0.475 e. The molecule has 5 nitrogen and oxygen atoms in total. The molecule has 1 aliphatic rings. The number of rotatable bonds is 3. The van der Waals surface area contributed by atoms with Crippen molar-refractivity contribution in [1.29, 1.82) is 0 Å². The van der Waals surface area contributed by atoms with E-state index in [1.807, 2.05) is 6.92 Å². The fraction of sp³-hybridized carbons (Fsp3) is 0.250. The lowest BCUT2D eigenvalue weighted by Crippen LogP contribution is -2.42. The molecule has 0 saturated heterocycles. The molecule has 3 rings (SSSR count). The van der Waals surface area contributed by atoms with E-state index >= 15 is 0 Å². The van der Waals surface area contributed by atoms with Crippen LogP contribution in [0.5, 0.6) is 5.75 Å². The topological polar surface area (TPSA) is 65.5 Å². The summed E-state index contributed by atoms with van der Waals surface area (Å²) in [6.45, 7) is 1.82. The third-order valence-corrected chi connectivity index (χ3v) is 4.66. The second-order valence-electron chi connectivity index (χ2n) is 6.80. The van der Waals surface area contributed by atoms with Crippen LogP contribution in [0, 0.1) is 6.92 Å². The van der Waals surface area contributed by atoms with Crippen LogP contribution in [0.1, 0.15) is 22.4 Å². The summed E-state index contributed by atoms with van der Waals surface area (Å²) in [5.74, 6) is -5.39. The van der Waals surface area contributed by atoms with E-state index in [0.29, 0.717) is 17.3 Å². The number of alkyl halides is 6. The van der Waals surface area contributed by atoms with Crippen molar-refractivity contribution in [3.63, 3.8) is 0 Å². The zero-order chi connectivity index (χ0) is 23.8. The number of benzene rings is 1. The largest absolute Gasteiger partial charge is 0.491 e. The van der Waals surface area contributed by atoms with Gasteiger partial charge in [-0.1, -0.05) is 17.7 Å². The van der Waals surface area contributed by atoms with Crippen LogP contribution < -0.4 is 4.74 Å². The number of aryl methyl sites for hydroxylation is 1. The number of fused-ring (bicyclic) bond motifs is 1. The van der Waals surface area contributed by atoms with Gasteiger partial charge in [-0.25, -0.2) is 9.59 Å². The summed E-state index contributed by atoms with van der Waals surface area (Å²) < 4.78 is 85.8. The quantitative estimate of drug-likeness (QED) is 0.353. The Kier molecular flexibility index (Phi) is 6.23. The van der Waals surface area contributed by atoms with Gasteiger partial charge in [0.2, 0.25) is 6.10 Å². The molecular weight excluding hydrogens is 468 g/mol. The first-order valence-electron chi connectivity index (χ1n) is 8.78. The maximum absolute atomic E-state index is 13.5. The lowest BCUT2D eigenvalue weighted by Gasteiger charge is -2.28. The van der Waals surface area contributed by atoms with Crippen LogP contribution in [0.25, 0.3) is 6.08 Å². The van der Waals surface area contributed by atoms with Crippen LogP contribution in [0.15, 0.2) is 36.0 Å². The van der Waals surface area contributed by atoms with E-state index in [2.05, 4.69) is 9.72 Å². The van der Waals surface area contributed by atoms with Crippen molar-refractivity contribution in [2.75, 3.05) is 0 Å². The van der Waals surface area contributed by atoms with Crippen molar-refractivity contribution in [3.05, 3.63) is 63.4 Å². The van der Waals surface area contributed by atoms with Gasteiger partial charge in [0.25, 0.3) is 0 Å². The molecule has 0 N–H and O–H groups in total. The van der Waals surface area contributed by atoms with Gasteiger partial charge in [-0.05, 0) is 42.3 Å². The molecule has 0 bridgehead atoms. The van der Waals surface area contributed by atoms with E-state index in [1.165, 1.54) is 12.1 Å². The highest BCUT2D eigenvalue weighted by atomic mass is 35.5. The molecule has 1 aromatic heterocycles. The van der Waals surface area contributed by atoms with E-state index in [-0.39, 0.29) is 22.8 Å². The molecule has 0 amide bonds. The minimum atomic E-state index is -5.57. The molecule has 12 heteroatoms. The minimum absolute atomic E-state index is 0.0931. The molecule has 1 aromatic carbocycles. The van der Waals surface area contributed by atoms with Crippen molar-refractivity contribution < 1.29 is 45.4 Å². The predicted molar refractivity (Wildman–Crippen MR) is 98.8 cm³/mol. The number of halogens is 7. The molecule has 0 radical (unpaired) electrons. The van der Waals surface area contributed by atoms with E-state index in [1.54, 1.807) is 18.3 Å². The second-order valence-corrected chi connectivity index (χ2v) is 7.21. The molecule has 1 atom stereocenters. The van der Waals surface area contributed by atoms with Crippen molar-refractivity contribution in [1.82, 2.24) is 4.98 Å². The van der Waals surface area contributed by atoms with Gasteiger partial charge in [-0.15, -0.1) is 0 Å². The molecule has 1 unspecified atom stereocenters. The number of hydrogen-bond donors (Lipinski definition) is 0. The van der Waals surface area contributed by atoms with Crippen LogP contribution in [0.2, 0.25) is 5.02 Å². The standard InChI is InChI=1S/C20H12ClF6NO4/c1-9-2-3-12(28-8-9)4-10-7-15-11(6-14(10)21)5-13(16(31-15)19(22,23)24)17(29)32-18(30)20(25,26)27/h2-3,5-8,16H,4H2,1H3. The maximum atomic E-state index is 13.5. The highest BCUT2D eigenvalue weighted by Gasteiger charge is 2.51. The fourth-order valence-corrected chi connectivity index (χ4v) is 3.04. The highest BCUT2D eigenvalue weighted by Crippen LogP contribution is 2.40. The summed E-state index contributed by atoms with van der Waals surface area (Å²) in [6, 6.07) is 5.90. The molecule has 0 spiro atoms. The van der Waals surface area contributed by atoms with Gasteiger partial charge < -0.3 is 9.47 Å². The summed E-state index contributed by atoms with van der Waals surface area (Å²) in [5, 5.41) is 0.0931. The molecule has 170 valence electrons. The maximum Gasteiger partial charge on any atom is 0.491 e. The van der Waals surface area contributed by atoms with Crippen molar-refractivity contribution >= 4 is 29.6 Å². The van der Waals surface area contributed by atoms with Gasteiger partial charge in [0.1, 0.15) is 5.75 Å².